The number of hydrogen-bond donors (Lipinski definition) is 0. The first-order valence-corrected chi connectivity index (χ1v) is 9.12. The van der Waals surface area contributed by atoms with Crippen molar-refractivity contribution in [3.8, 4) is 11.5 Å². The van der Waals surface area contributed by atoms with Gasteiger partial charge in [-0.1, -0.05) is 0 Å². The van der Waals surface area contributed by atoms with Gasteiger partial charge in [-0.15, -0.1) is 22.7 Å². The lowest BCUT2D eigenvalue weighted by atomic mass is 10.2. The zero-order valence-electron chi connectivity index (χ0n) is 13.5. The Morgan fingerprint density at radius 3 is 2.92 bits per heavy atom. The van der Waals surface area contributed by atoms with Crippen LogP contribution >= 0.6 is 22.7 Å². The molecule has 0 bridgehead atoms. The highest BCUT2D eigenvalue weighted by atomic mass is 32.1. The van der Waals surface area contributed by atoms with E-state index in [2.05, 4.69) is 4.98 Å². The highest BCUT2D eigenvalue weighted by Crippen LogP contribution is 2.29. The summed E-state index contributed by atoms with van der Waals surface area (Å²) in [5.41, 5.74) is 1.67. The van der Waals surface area contributed by atoms with Gasteiger partial charge in [-0.05, 0) is 24.3 Å². The molecule has 0 aliphatic heterocycles. The van der Waals surface area contributed by atoms with Gasteiger partial charge in [0.1, 0.15) is 27.8 Å². The molecule has 0 amide bonds. The van der Waals surface area contributed by atoms with Crippen molar-refractivity contribution in [2.24, 2.45) is 0 Å². The van der Waals surface area contributed by atoms with Crippen LogP contribution in [0, 0.1) is 0 Å². The molecule has 25 heavy (non-hydrogen) atoms. The second-order valence-electron chi connectivity index (χ2n) is 5.22. The number of carbonyl (C=O) groups is 1. The summed E-state index contributed by atoms with van der Waals surface area (Å²) >= 11 is 2.90. The SMILES string of the molecule is COc1ccc(OC)c(COC(=O)c2cc3c(nc4sccn43)s2)c1. The van der Waals surface area contributed by atoms with E-state index in [1.165, 1.54) is 11.3 Å². The van der Waals surface area contributed by atoms with Crippen LogP contribution in [-0.4, -0.2) is 29.6 Å². The van der Waals surface area contributed by atoms with Crippen molar-refractivity contribution in [3.05, 3.63) is 46.3 Å². The van der Waals surface area contributed by atoms with E-state index in [1.807, 2.05) is 22.0 Å². The Hall–Kier alpha value is -2.58. The van der Waals surface area contributed by atoms with Gasteiger partial charge in [-0.25, -0.2) is 9.78 Å². The molecule has 4 aromatic rings. The van der Waals surface area contributed by atoms with E-state index < -0.39 is 0 Å². The molecule has 0 spiro atoms. The van der Waals surface area contributed by atoms with Crippen LogP contribution in [0.3, 0.4) is 0 Å². The molecular weight excluding hydrogens is 360 g/mol. The number of fused-ring (bicyclic) bond motifs is 3. The maximum atomic E-state index is 12.4. The standard InChI is InChI=1S/C17H14N2O4S2/c1-21-11-3-4-13(22-2)10(7-11)9-23-16(20)14-8-12-15(25-14)18-17-19(12)5-6-24-17/h3-8H,9H2,1-2H3. The summed E-state index contributed by atoms with van der Waals surface area (Å²) in [4.78, 5) is 19.2. The van der Waals surface area contributed by atoms with Crippen molar-refractivity contribution < 1.29 is 19.0 Å². The van der Waals surface area contributed by atoms with Crippen molar-refractivity contribution in [2.75, 3.05) is 14.2 Å². The normalized spacial score (nSPS) is 11.1. The van der Waals surface area contributed by atoms with Crippen molar-refractivity contribution in [2.45, 2.75) is 6.61 Å². The van der Waals surface area contributed by atoms with Crippen LogP contribution in [0.15, 0.2) is 35.8 Å². The Kier molecular flexibility index (Phi) is 4.06. The van der Waals surface area contributed by atoms with Crippen molar-refractivity contribution in [1.82, 2.24) is 9.38 Å². The van der Waals surface area contributed by atoms with Crippen LogP contribution in [-0.2, 0) is 11.3 Å². The highest BCUT2D eigenvalue weighted by molar-refractivity contribution is 7.21. The van der Waals surface area contributed by atoms with Gasteiger partial charge >= 0.3 is 5.97 Å². The van der Waals surface area contributed by atoms with Gasteiger partial charge < -0.3 is 14.2 Å². The molecule has 3 heterocycles. The largest absolute Gasteiger partial charge is 0.497 e. The molecule has 0 N–H and O–H groups in total. The average molecular weight is 374 g/mol. The lowest BCUT2D eigenvalue weighted by Crippen LogP contribution is -2.04. The Bertz CT molecular complexity index is 1060. The molecule has 0 aliphatic rings. The number of thiophene rings is 1. The topological polar surface area (TPSA) is 62.1 Å². The minimum atomic E-state index is -0.378. The first kappa shape index (κ1) is 15.9. The van der Waals surface area contributed by atoms with Crippen LogP contribution in [0.4, 0.5) is 0 Å². The number of hydrogen-bond acceptors (Lipinski definition) is 7. The Labute approximate surface area is 151 Å². The molecule has 0 fully saturated rings. The molecule has 0 radical (unpaired) electrons. The van der Waals surface area contributed by atoms with E-state index in [0.717, 1.165) is 20.9 Å². The van der Waals surface area contributed by atoms with Gasteiger partial charge in [0, 0.05) is 17.1 Å². The summed E-state index contributed by atoms with van der Waals surface area (Å²) in [7, 11) is 3.17. The summed E-state index contributed by atoms with van der Waals surface area (Å²) in [6.07, 6.45) is 1.94. The van der Waals surface area contributed by atoms with Crippen molar-refractivity contribution in [1.29, 1.82) is 0 Å². The summed E-state index contributed by atoms with van der Waals surface area (Å²) in [6.45, 7) is 0.107. The van der Waals surface area contributed by atoms with Crippen molar-refractivity contribution in [3.63, 3.8) is 0 Å². The molecule has 1 aromatic carbocycles. The molecule has 8 heteroatoms. The van der Waals surface area contributed by atoms with Gasteiger partial charge in [0.25, 0.3) is 0 Å². The third-order valence-corrected chi connectivity index (χ3v) is 5.54. The second-order valence-corrected chi connectivity index (χ2v) is 7.13. The number of thiazole rings is 1. The maximum absolute atomic E-state index is 12.4. The summed E-state index contributed by atoms with van der Waals surface area (Å²) < 4.78 is 17.9. The van der Waals surface area contributed by atoms with Gasteiger partial charge in [0.15, 0.2) is 4.96 Å². The number of aromatic nitrogens is 2. The maximum Gasteiger partial charge on any atom is 0.348 e. The van der Waals surface area contributed by atoms with Gasteiger partial charge in [0.2, 0.25) is 0 Å². The predicted octanol–water partition coefficient (Wildman–Crippen LogP) is 3.98. The fraction of sp³-hybridized carbons (Fsp3) is 0.176. The molecule has 4 rings (SSSR count). The number of imidazole rings is 1. The summed E-state index contributed by atoms with van der Waals surface area (Å²) in [6, 6.07) is 7.20. The zero-order chi connectivity index (χ0) is 17.4. The molecule has 0 saturated carbocycles. The highest BCUT2D eigenvalue weighted by Gasteiger charge is 2.17. The van der Waals surface area contributed by atoms with Crippen LogP contribution < -0.4 is 9.47 Å². The number of benzene rings is 1. The molecular formula is C17H14N2O4S2. The van der Waals surface area contributed by atoms with E-state index in [-0.39, 0.29) is 12.6 Å². The average Bonchev–Trinajstić information content (AvgIpc) is 3.31. The first-order chi connectivity index (χ1) is 12.2. The molecule has 0 aliphatic carbocycles. The quantitative estimate of drug-likeness (QED) is 0.495. The Balaban J connectivity index is 1.55. The summed E-state index contributed by atoms with van der Waals surface area (Å²) in [5.74, 6) is 0.953. The second kappa shape index (κ2) is 6.38. The third-order valence-electron chi connectivity index (χ3n) is 3.79. The fourth-order valence-electron chi connectivity index (χ4n) is 2.56. The van der Waals surface area contributed by atoms with E-state index in [0.29, 0.717) is 16.4 Å². The van der Waals surface area contributed by atoms with Gasteiger partial charge in [-0.2, -0.15) is 0 Å². The number of carbonyl (C=O) groups excluding carboxylic acids is 1. The Morgan fingerprint density at radius 1 is 1.24 bits per heavy atom. The lowest BCUT2D eigenvalue weighted by Gasteiger charge is -2.10. The number of methoxy groups -OCH3 is 2. The molecule has 0 atom stereocenters. The van der Waals surface area contributed by atoms with E-state index in [4.69, 9.17) is 14.2 Å². The van der Waals surface area contributed by atoms with Crippen LogP contribution in [0.1, 0.15) is 15.2 Å². The van der Waals surface area contributed by atoms with Crippen LogP contribution in [0.5, 0.6) is 11.5 Å². The number of esters is 1. The van der Waals surface area contributed by atoms with Gasteiger partial charge in [-0.3, -0.25) is 4.40 Å². The molecule has 0 unspecified atom stereocenters. The van der Waals surface area contributed by atoms with Gasteiger partial charge in [0.05, 0.1) is 19.7 Å². The zero-order valence-corrected chi connectivity index (χ0v) is 15.1. The van der Waals surface area contributed by atoms with Crippen LogP contribution in [0.25, 0.3) is 15.3 Å². The molecule has 3 aromatic heterocycles. The fourth-order valence-corrected chi connectivity index (χ4v) is 4.25. The predicted molar refractivity (Wildman–Crippen MR) is 97.1 cm³/mol. The number of nitrogens with zero attached hydrogens (tertiary/aromatic N) is 2. The monoisotopic (exact) mass is 374 g/mol. The van der Waals surface area contributed by atoms with E-state index in [9.17, 15) is 4.79 Å². The first-order valence-electron chi connectivity index (χ1n) is 7.42. The Morgan fingerprint density at radius 2 is 2.12 bits per heavy atom. The summed E-state index contributed by atoms with van der Waals surface area (Å²) in [5, 5.41) is 1.96. The molecule has 128 valence electrons. The minimum Gasteiger partial charge on any atom is -0.497 e. The van der Waals surface area contributed by atoms with E-state index in [1.54, 1.807) is 43.8 Å². The van der Waals surface area contributed by atoms with Crippen molar-refractivity contribution >= 4 is 44.0 Å². The van der Waals surface area contributed by atoms with E-state index >= 15 is 0 Å². The molecule has 0 saturated heterocycles. The smallest absolute Gasteiger partial charge is 0.348 e. The lowest BCUT2D eigenvalue weighted by molar-refractivity contribution is 0.0476. The third kappa shape index (κ3) is 2.83. The number of ether oxygens (including phenoxy) is 3. The van der Waals surface area contributed by atoms with Crippen LogP contribution in [0.2, 0.25) is 0 Å². The number of rotatable bonds is 5. The minimum absolute atomic E-state index is 0.107. The molecule has 6 nitrogen and oxygen atoms in total.